The van der Waals surface area contributed by atoms with Crippen molar-refractivity contribution < 1.29 is 4.79 Å². The molecule has 7 nitrogen and oxygen atoms in total. The van der Waals surface area contributed by atoms with Crippen LogP contribution in [0.25, 0.3) is 11.4 Å². The number of carbonyl (C=O) groups excluding carboxylic acids is 1. The van der Waals surface area contributed by atoms with Crippen LogP contribution in [-0.2, 0) is 11.3 Å². The highest BCUT2D eigenvalue weighted by atomic mass is 16.2. The minimum atomic E-state index is -0.0186. The molecule has 20 heavy (non-hydrogen) atoms. The Kier molecular flexibility index (Phi) is 3.42. The van der Waals surface area contributed by atoms with Gasteiger partial charge in [-0.05, 0) is 11.6 Å². The topological polar surface area (TPSA) is 89.9 Å². The van der Waals surface area contributed by atoms with E-state index in [1.54, 1.807) is 4.90 Å². The van der Waals surface area contributed by atoms with E-state index in [1.807, 2.05) is 30.3 Å². The Morgan fingerprint density at radius 1 is 1.35 bits per heavy atom. The highest BCUT2D eigenvalue weighted by molar-refractivity contribution is 5.76. The van der Waals surface area contributed by atoms with Gasteiger partial charge in [0.1, 0.15) is 6.54 Å². The first kappa shape index (κ1) is 12.7. The van der Waals surface area contributed by atoms with E-state index in [1.165, 1.54) is 4.80 Å². The summed E-state index contributed by atoms with van der Waals surface area (Å²) in [7, 11) is 0. The van der Waals surface area contributed by atoms with Crippen molar-refractivity contribution in [3.8, 4) is 11.4 Å². The Morgan fingerprint density at radius 3 is 2.85 bits per heavy atom. The summed E-state index contributed by atoms with van der Waals surface area (Å²) in [5, 5.41) is 12.1. The molecular formula is C13H16N6O. The van der Waals surface area contributed by atoms with Gasteiger partial charge in [-0.1, -0.05) is 30.3 Å². The van der Waals surface area contributed by atoms with Gasteiger partial charge in [0, 0.05) is 24.7 Å². The maximum atomic E-state index is 12.0. The van der Waals surface area contributed by atoms with Crippen LogP contribution in [0.15, 0.2) is 30.3 Å². The Labute approximate surface area is 116 Å². The second-order valence-corrected chi connectivity index (χ2v) is 4.90. The number of carbonyl (C=O) groups is 1. The first-order chi connectivity index (χ1) is 9.72. The van der Waals surface area contributed by atoms with Crippen LogP contribution >= 0.6 is 0 Å². The molecule has 0 aliphatic carbocycles. The van der Waals surface area contributed by atoms with Crippen molar-refractivity contribution in [1.29, 1.82) is 0 Å². The van der Waals surface area contributed by atoms with Crippen molar-refractivity contribution in [3.05, 3.63) is 30.3 Å². The van der Waals surface area contributed by atoms with E-state index in [9.17, 15) is 4.79 Å². The molecule has 1 aromatic carbocycles. The van der Waals surface area contributed by atoms with E-state index in [4.69, 9.17) is 5.73 Å². The van der Waals surface area contributed by atoms with Crippen LogP contribution in [0.1, 0.15) is 6.42 Å². The highest BCUT2D eigenvalue weighted by Crippen LogP contribution is 2.12. The second kappa shape index (κ2) is 5.38. The summed E-state index contributed by atoms with van der Waals surface area (Å²) in [5.74, 6) is 0.506. The number of rotatable bonds is 3. The molecular weight excluding hydrogens is 256 g/mol. The summed E-state index contributed by atoms with van der Waals surface area (Å²) in [6.07, 6.45) is 0.853. The summed E-state index contributed by atoms with van der Waals surface area (Å²) in [5.41, 5.74) is 6.68. The van der Waals surface area contributed by atoms with E-state index in [0.29, 0.717) is 18.9 Å². The van der Waals surface area contributed by atoms with E-state index in [-0.39, 0.29) is 18.5 Å². The van der Waals surface area contributed by atoms with Gasteiger partial charge in [-0.3, -0.25) is 4.79 Å². The molecule has 0 radical (unpaired) electrons. The molecule has 7 heteroatoms. The minimum absolute atomic E-state index is 0.0186. The van der Waals surface area contributed by atoms with Gasteiger partial charge in [-0.2, -0.15) is 4.80 Å². The number of likely N-dealkylation sites (tertiary alicyclic amines) is 1. The van der Waals surface area contributed by atoms with Crippen molar-refractivity contribution in [1.82, 2.24) is 25.1 Å². The third kappa shape index (κ3) is 2.67. The number of hydrogen-bond donors (Lipinski definition) is 1. The largest absolute Gasteiger partial charge is 0.339 e. The number of amides is 1. The zero-order chi connectivity index (χ0) is 13.9. The Bertz CT molecular complexity index is 596. The van der Waals surface area contributed by atoms with Crippen LogP contribution in [0.4, 0.5) is 0 Å². The first-order valence-electron chi connectivity index (χ1n) is 6.59. The predicted molar refractivity (Wildman–Crippen MR) is 72.4 cm³/mol. The maximum absolute atomic E-state index is 12.0. The fraction of sp³-hybridized carbons (Fsp3) is 0.385. The van der Waals surface area contributed by atoms with E-state index < -0.39 is 0 Å². The normalized spacial score (nSPS) is 18.4. The fourth-order valence-electron chi connectivity index (χ4n) is 2.25. The van der Waals surface area contributed by atoms with Crippen LogP contribution < -0.4 is 5.73 Å². The lowest BCUT2D eigenvalue weighted by Crippen LogP contribution is -2.34. The van der Waals surface area contributed by atoms with Crippen molar-refractivity contribution in [2.75, 3.05) is 13.1 Å². The number of tetrazole rings is 1. The molecule has 1 amide bonds. The van der Waals surface area contributed by atoms with Crippen molar-refractivity contribution in [2.24, 2.45) is 5.73 Å². The van der Waals surface area contributed by atoms with Gasteiger partial charge < -0.3 is 10.6 Å². The predicted octanol–water partition coefficient (Wildman–Crippen LogP) is -0.100. The number of aromatic nitrogens is 4. The van der Waals surface area contributed by atoms with Crippen LogP contribution in [0, 0.1) is 0 Å². The standard InChI is InChI=1S/C13H16N6O/c14-11-6-7-18(8-11)12(20)9-19-16-13(15-17-19)10-4-2-1-3-5-10/h1-5,11H,6-9,14H2/t11-/m1/s1. The molecule has 2 N–H and O–H groups in total. The Hall–Kier alpha value is -2.28. The van der Waals surface area contributed by atoms with Crippen molar-refractivity contribution in [3.63, 3.8) is 0 Å². The summed E-state index contributed by atoms with van der Waals surface area (Å²) < 4.78 is 0. The molecule has 0 saturated carbocycles. The summed E-state index contributed by atoms with van der Waals surface area (Å²) in [6, 6.07) is 9.64. The highest BCUT2D eigenvalue weighted by Gasteiger charge is 2.24. The molecule has 1 aliphatic rings. The molecule has 2 aromatic rings. The van der Waals surface area contributed by atoms with Gasteiger partial charge in [-0.15, -0.1) is 10.2 Å². The number of nitrogens with zero attached hydrogens (tertiary/aromatic N) is 5. The molecule has 1 fully saturated rings. The van der Waals surface area contributed by atoms with Gasteiger partial charge in [-0.25, -0.2) is 0 Å². The molecule has 1 aromatic heterocycles. The third-order valence-corrected chi connectivity index (χ3v) is 3.34. The quantitative estimate of drug-likeness (QED) is 0.842. The van der Waals surface area contributed by atoms with E-state index >= 15 is 0 Å². The number of nitrogens with two attached hydrogens (primary N) is 1. The number of benzene rings is 1. The van der Waals surface area contributed by atoms with Gasteiger partial charge in [0.2, 0.25) is 11.7 Å². The van der Waals surface area contributed by atoms with Crippen molar-refractivity contribution in [2.45, 2.75) is 19.0 Å². The molecule has 1 aliphatic heterocycles. The fourth-order valence-corrected chi connectivity index (χ4v) is 2.25. The van der Waals surface area contributed by atoms with E-state index in [2.05, 4.69) is 15.4 Å². The maximum Gasteiger partial charge on any atom is 0.246 e. The second-order valence-electron chi connectivity index (χ2n) is 4.90. The van der Waals surface area contributed by atoms with Crippen molar-refractivity contribution >= 4 is 5.91 Å². The third-order valence-electron chi connectivity index (χ3n) is 3.34. The Morgan fingerprint density at radius 2 is 2.15 bits per heavy atom. The molecule has 3 rings (SSSR count). The molecule has 0 unspecified atom stereocenters. The van der Waals surface area contributed by atoms with Gasteiger partial charge in [0.15, 0.2) is 0 Å². The molecule has 2 heterocycles. The lowest BCUT2D eigenvalue weighted by molar-refractivity contribution is -0.131. The zero-order valence-electron chi connectivity index (χ0n) is 11.0. The minimum Gasteiger partial charge on any atom is -0.339 e. The smallest absolute Gasteiger partial charge is 0.246 e. The average molecular weight is 272 g/mol. The molecule has 1 saturated heterocycles. The lowest BCUT2D eigenvalue weighted by atomic mass is 10.2. The van der Waals surface area contributed by atoms with E-state index in [0.717, 1.165) is 12.0 Å². The van der Waals surface area contributed by atoms with Crippen LogP contribution in [-0.4, -0.2) is 50.1 Å². The average Bonchev–Trinajstić information content (AvgIpc) is 3.09. The first-order valence-corrected chi connectivity index (χ1v) is 6.59. The van der Waals surface area contributed by atoms with Crippen LogP contribution in [0.3, 0.4) is 0 Å². The molecule has 0 spiro atoms. The van der Waals surface area contributed by atoms with Crippen LogP contribution in [0.2, 0.25) is 0 Å². The summed E-state index contributed by atoms with van der Waals surface area (Å²) in [4.78, 5) is 15.1. The number of hydrogen-bond acceptors (Lipinski definition) is 5. The zero-order valence-corrected chi connectivity index (χ0v) is 11.0. The Balaban J connectivity index is 1.67. The summed E-state index contributed by atoms with van der Waals surface area (Å²) >= 11 is 0. The lowest BCUT2D eigenvalue weighted by Gasteiger charge is -2.14. The van der Waals surface area contributed by atoms with Gasteiger partial charge >= 0.3 is 0 Å². The molecule has 104 valence electrons. The summed E-state index contributed by atoms with van der Waals surface area (Å²) in [6.45, 7) is 1.42. The SMILES string of the molecule is N[C@@H]1CCN(C(=O)Cn2nnc(-c3ccccc3)n2)C1. The van der Waals surface area contributed by atoms with Crippen LogP contribution in [0.5, 0.6) is 0 Å². The molecule has 0 bridgehead atoms. The monoisotopic (exact) mass is 272 g/mol. The van der Waals surface area contributed by atoms with Gasteiger partial charge in [0.25, 0.3) is 0 Å². The molecule has 1 atom stereocenters. The van der Waals surface area contributed by atoms with Gasteiger partial charge in [0.05, 0.1) is 0 Å².